The number of ether oxygens (including phenoxy) is 1. The monoisotopic (exact) mass is 275 g/mol. The van der Waals surface area contributed by atoms with E-state index in [4.69, 9.17) is 10.5 Å². The summed E-state index contributed by atoms with van der Waals surface area (Å²) in [5, 5.41) is 2.94. The summed E-state index contributed by atoms with van der Waals surface area (Å²) in [6.45, 7) is 6.65. The van der Waals surface area contributed by atoms with Crippen molar-refractivity contribution in [3.8, 4) is 0 Å². The minimum atomic E-state index is -0.879. The van der Waals surface area contributed by atoms with Gasteiger partial charge in [-0.1, -0.05) is 13.8 Å². The number of nitrogens with one attached hydrogen (secondary N) is 1. The number of nitrogens with zero attached hydrogens (tertiary/aromatic N) is 1. The maximum Gasteiger partial charge on any atom is 0.245 e. The lowest BCUT2D eigenvalue weighted by molar-refractivity contribution is -0.170. The molecule has 2 fully saturated rings. The highest BCUT2D eigenvalue weighted by molar-refractivity contribution is 6.00. The fourth-order valence-electron chi connectivity index (χ4n) is 3.67. The fraction of sp³-hybridized carbons (Fsp3) is 0.600. The van der Waals surface area contributed by atoms with Gasteiger partial charge in [-0.25, -0.2) is 0 Å². The molecule has 1 saturated heterocycles. The summed E-state index contributed by atoms with van der Waals surface area (Å²) in [5.41, 5.74) is 6.97. The molecule has 3 unspecified atom stereocenters. The average Bonchev–Trinajstić information content (AvgIpc) is 2.88. The van der Waals surface area contributed by atoms with Crippen LogP contribution < -0.4 is 11.1 Å². The Labute approximate surface area is 118 Å². The summed E-state index contributed by atoms with van der Waals surface area (Å²) in [6, 6.07) is 1.87. The molecule has 1 aliphatic carbocycles. The number of aromatic nitrogens is 1. The van der Waals surface area contributed by atoms with Crippen LogP contribution in [0.5, 0.6) is 0 Å². The van der Waals surface area contributed by atoms with E-state index in [0.717, 1.165) is 17.7 Å². The number of pyridine rings is 1. The molecule has 3 atom stereocenters. The molecule has 2 aliphatic rings. The van der Waals surface area contributed by atoms with Crippen molar-refractivity contribution in [2.45, 2.75) is 38.8 Å². The van der Waals surface area contributed by atoms with Gasteiger partial charge in [0.05, 0.1) is 18.0 Å². The van der Waals surface area contributed by atoms with Gasteiger partial charge in [-0.15, -0.1) is 0 Å². The number of carbonyl (C=O) groups excluding carboxylic acids is 1. The summed E-state index contributed by atoms with van der Waals surface area (Å²) in [6.07, 6.45) is 4.31. The molecule has 2 heterocycles. The smallest absolute Gasteiger partial charge is 0.245 e. The molecule has 1 aromatic heterocycles. The Morgan fingerprint density at radius 2 is 2.30 bits per heavy atom. The van der Waals surface area contributed by atoms with Crippen LogP contribution in [-0.4, -0.2) is 29.1 Å². The second-order valence-electron chi connectivity index (χ2n) is 6.42. The largest absolute Gasteiger partial charge is 0.377 e. The normalized spacial score (nSPS) is 34.2. The van der Waals surface area contributed by atoms with Gasteiger partial charge in [-0.2, -0.15) is 0 Å². The van der Waals surface area contributed by atoms with Crippen LogP contribution in [0, 0.1) is 18.3 Å². The molecule has 1 aliphatic heterocycles. The molecule has 1 aromatic rings. The number of rotatable bonds is 2. The van der Waals surface area contributed by atoms with E-state index < -0.39 is 5.54 Å². The molecule has 0 radical (unpaired) electrons. The van der Waals surface area contributed by atoms with Gasteiger partial charge in [-0.05, 0) is 25.0 Å². The van der Waals surface area contributed by atoms with Crippen LogP contribution in [0.2, 0.25) is 0 Å². The van der Waals surface area contributed by atoms with Gasteiger partial charge in [0.25, 0.3) is 0 Å². The molecule has 20 heavy (non-hydrogen) atoms. The Kier molecular flexibility index (Phi) is 2.88. The standard InChI is InChI=1S/C15H21N3O2/c1-9-4-6-17-8-11(9)18-13(19)15(16)10-5-7-20-12(10)14(15,2)3/h4,6,8,10,12H,5,7,16H2,1-3H3,(H,18,19). The van der Waals surface area contributed by atoms with Gasteiger partial charge in [0.1, 0.15) is 5.54 Å². The van der Waals surface area contributed by atoms with Gasteiger partial charge >= 0.3 is 0 Å². The van der Waals surface area contributed by atoms with E-state index in [-0.39, 0.29) is 23.3 Å². The number of carbonyl (C=O) groups is 1. The summed E-state index contributed by atoms with van der Waals surface area (Å²) >= 11 is 0. The molecule has 5 heteroatoms. The second-order valence-corrected chi connectivity index (χ2v) is 6.42. The molecular weight excluding hydrogens is 254 g/mol. The Morgan fingerprint density at radius 3 is 3.00 bits per heavy atom. The van der Waals surface area contributed by atoms with E-state index in [0.29, 0.717) is 6.61 Å². The number of anilines is 1. The molecule has 3 N–H and O–H groups in total. The fourth-order valence-corrected chi connectivity index (χ4v) is 3.67. The summed E-state index contributed by atoms with van der Waals surface area (Å²) < 4.78 is 5.71. The maximum absolute atomic E-state index is 12.7. The molecule has 5 nitrogen and oxygen atoms in total. The van der Waals surface area contributed by atoms with Gasteiger partial charge < -0.3 is 15.8 Å². The van der Waals surface area contributed by atoms with E-state index in [2.05, 4.69) is 10.3 Å². The van der Waals surface area contributed by atoms with Crippen LogP contribution in [0.3, 0.4) is 0 Å². The lowest BCUT2D eigenvalue weighted by Gasteiger charge is -2.60. The average molecular weight is 275 g/mol. The predicted molar refractivity (Wildman–Crippen MR) is 76.2 cm³/mol. The first-order valence-corrected chi connectivity index (χ1v) is 7.01. The van der Waals surface area contributed by atoms with E-state index in [9.17, 15) is 4.79 Å². The Balaban J connectivity index is 1.85. The van der Waals surface area contributed by atoms with Crippen molar-refractivity contribution in [1.82, 2.24) is 4.98 Å². The molecule has 1 amide bonds. The second kappa shape index (κ2) is 4.27. The van der Waals surface area contributed by atoms with E-state index in [1.54, 1.807) is 12.4 Å². The Hall–Kier alpha value is -1.46. The van der Waals surface area contributed by atoms with E-state index in [1.807, 2.05) is 26.8 Å². The van der Waals surface area contributed by atoms with Crippen LogP contribution in [-0.2, 0) is 9.53 Å². The maximum atomic E-state index is 12.7. The molecule has 0 aromatic carbocycles. The number of fused-ring (bicyclic) bond motifs is 1. The van der Waals surface area contributed by atoms with Crippen LogP contribution in [0.15, 0.2) is 18.5 Å². The van der Waals surface area contributed by atoms with Crippen molar-refractivity contribution in [2.24, 2.45) is 17.1 Å². The zero-order valence-corrected chi connectivity index (χ0v) is 12.1. The van der Waals surface area contributed by atoms with E-state index >= 15 is 0 Å². The summed E-state index contributed by atoms with van der Waals surface area (Å²) in [7, 11) is 0. The lowest BCUT2D eigenvalue weighted by Crippen LogP contribution is -2.79. The topological polar surface area (TPSA) is 77.2 Å². The van der Waals surface area contributed by atoms with Crippen molar-refractivity contribution in [2.75, 3.05) is 11.9 Å². The molecule has 1 saturated carbocycles. The first-order chi connectivity index (χ1) is 9.39. The van der Waals surface area contributed by atoms with Gasteiger partial charge in [0.15, 0.2) is 0 Å². The van der Waals surface area contributed by atoms with Crippen LogP contribution >= 0.6 is 0 Å². The van der Waals surface area contributed by atoms with Crippen molar-refractivity contribution >= 4 is 11.6 Å². The zero-order valence-electron chi connectivity index (χ0n) is 12.1. The van der Waals surface area contributed by atoms with Crippen LogP contribution in [0.1, 0.15) is 25.8 Å². The molecule has 3 rings (SSSR count). The third kappa shape index (κ3) is 1.56. The first kappa shape index (κ1) is 13.5. The Morgan fingerprint density at radius 1 is 1.55 bits per heavy atom. The van der Waals surface area contributed by atoms with Crippen molar-refractivity contribution < 1.29 is 9.53 Å². The van der Waals surface area contributed by atoms with Crippen LogP contribution in [0.4, 0.5) is 5.69 Å². The molecule has 0 bridgehead atoms. The number of aryl methyl sites for hydroxylation is 1. The summed E-state index contributed by atoms with van der Waals surface area (Å²) in [5.74, 6) is -0.0279. The SMILES string of the molecule is Cc1ccncc1NC(=O)C1(N)C2CCOC2C1(C)C. The van der Waals surface area contributed by atoms with Gasteiger partial charge in [-0.3, -0.25) is 9.78 Å². The third-order valence-electron chi connectivity index (χ3n) is 5.12. The van der Waals surface area contributed by atoms with Gasteiger partial charge in [0, 0.05) is 24.1 Å². The number of amides is 1. The third-order valence-corrected chi connectivity index (χ3v) is 5.12. The Bertz CT molecular complexity index is 558. The first-order valence-electron chi connectivity index (χ1n) is 7.01. The lowest BCUT2D eigenvalue weighted by atomic mass is 9.48. The van der Waals surface area contributed by atoms with Crippen LogP contribution in [0.25, 0.3) is 0 Å². The minimum Gasteiger partial charge on any atom is -0.377 e. The number of nitrogens with two attached hydrogens (primary N) is 1. The molecule has 0 spiro atoms. The predicted octanol–water partition coefficient (Wildman–Crippen LogP) is 1.47. The highest BCUT2D eigenvalue weighted by atomic mass is 16.5. The zero-order chi connectivity index (χ0) is 14.5. The van der Waals surface area contributed by atoms with Crippen molar-refractivity contribution in [3.63, 3.8) is 0 Å². The number of hydrogen-bond acceptors (Lipinski definition) is 4. The van der Waals surface area contributed by atoms with Crippen molar-refractivity contribution in [3.05, 3.63) is 24.0 Å². The molecular formula is C15H21N3O2. The van der Waals surface area contributed by atoms with Gasteiger partial charge in [0.2, 0.25) is 5.91 Å². The number of hydrogen-bond donors (Lipinski definition) is 2. The quantitative estimate of drug-likeness (QED) is 0.857. The highest BCUT2D eigenvalue weighted by Gasteiger charge is 2.71. The van der Waals surface area contributed by atoms with Crippen molar-refractivity contribution in [1.29, 1.82) is 0 Å². The highest BCUT2D eigenvalue weighted by Crippen LogP contribution is 2.58. The van der Waals surface area contributed by atoms with E-state index in [1.165, 1.54) is 0 Å². The minimum absolute atomic E-state index is 0.0910. The molecule has 108 valence electrons. The summed E-state index contributed by atoms with van der Waals surface area (Å²) in [4.78, 5) is 16.8.